The van der Waals surface area contributed by atoms with Gasteiger partial charge in [0.2, 0.25) is 0 Å². The lowest BCUT2D eigenvalue weighted by Crippen LogP contribution is -2.12. The largest absolute Gasteiger partial charge is 0.493 e. The highest BCUT2D eigenvalue weighted by Gasteiger charge is 2.08. The van der Waals surface area contributed by atoms with Gasteiger partial charge in [-0.3, -0.25) is 0 Å². The van der Waals surface area contributed by atoms with Crippen molar-refractivity contribution in [1.82, 2.24) is 5.32 Å². The summed E-state index contributed by atoms with van der Waals surface area (Å²) in [6, 6.07) is 17.1. The molecule has 2 aromatic rings. The van der Waals surface area contributed by atoms with E-state index in [0.717, 1.165) is 11.3 Å². The van der Waals surface area contributed by atoms with Gasteiger partial charge in [0.25, 0.3) is 0 Å². The van der Waals surface area contributed by atoms with Crippen LogP contribution >= 0.6 is 0 Å². The summed E-state index contributed by atoms with van der Waals surface area (Å²) in [7, 11) is 1.98. The highest BCUT2D eigenvalue weighted by atomic mass is 16.5. The van der Waals surface area contributed by atoms with Gasteiger partial charge in [-0.15, -0.1) is 0 Å². The van der Waals surface area contributed by atoms with Gasteiger partial charge < -0.3 is 10.1 Å². The molecule has 0 fully saturated rings. The average molecular weight is 255 g/mol. The van der Waals surface area contributed by atoms with Gasteiger partial charge >= 0.3 is 0 Å². The van der Waals surface area contributed by atoms with E-state index < -0.39 is 0 Å². The van der Waals surface area contributed by atoms with Crippen molar-refractivity contribution in [3.8, 4) is 16.9 Å². The van der Waals surface area contributed by atoms with Crippen LogP contribution in [0, 0.1) is 0 Å². The smallest absolute Gasteiger partial charge is 0.127 e. The monoisotopic (exact) mass is 255 g/mol. The predicted molar refractivity (Wildman–Crippen MR) is 80.5 cm³/mol. The molecule has 0 aliphatic heterocycles. The Bertz CT molecular complexity index is 536. The van der Waals surface area contributed by atoms with E-state index >= 15 is 0 Å². The van der Waals surface area contributed by atoms with Crippen molar-refractivity contribution in [3.05, 3.63) is 54.1 Å². The lowest BCUT2D eigenvalue weighted by atomic mass is 9.99. The highest BCUT2D eigenvalue weighted by molar-refractivity contribution is 5.71. The van der Waals surface area contributed by atoms with E-state index in [1.807, 2.05) is 32.2 Å². The molecule has 100 valence electrons. The second-order valence-electron chi connectivity index (χ2n) is 4.56. The molecule has 1 atom stereocenters. The molecule has 1 unspecified atom stereocenters. The standard InChI is InChI=1S/C17H21NO/c1-4-19-17-11-6-5-10-16(17)15-9-7-8-14(12-15)13(2)18-3/h5-13,18H,4H2,1-3H3. The lowest BCUT2D eigenvalue weighted by Gasteiger charge is -2.14. The maximum absolute atomic E-state index is 5.70. The Morgan fingerprint density at radius 1 is 1.11 bits per heavy atom. The van der Waals surface area contributed by atoms with Gasteiger partial charge in [-0.1, -0.05) is 36.4 Å². The maximum Gasteiger partial charge on any atom is 0.127 e. The van der Waals surface area contributed by atoms with Crippen LogP contribution in [0.15, 0.2) is 48.5 Å². The number of rotatable bonds is 5. The average Bonchev–Trinajstić information content (AvgIpc) is 2.47. The summed E-state index contributed by atoms with van der Waals surface area (Å²) in [5.41, 5.74) is 3.63. The molecule has 0 radical (unpaired) electrons. The van der Waals surface area contributed by atoms with E-state index in [4.69, 9.17) is 4.74 Å². The molecule has 2 nitrogen and oxygen atoms in total. The van der Waals surface area contributed by atoms with Gasteiger partial charge in [0.1, 0.15) is 5.75 Å². The van der Waals surface area contributed by atoms with Crippen LogP contribution in [0.3, 0.4) is 0 Å². The van der Waals surface area contributed by atoms with Crippen molar-refractivity contribution in [2.75, 3.05) is 13.7 Å². The Kier molecular flexibility index (Phi) is 4.58. The quantitative estimate of drug-likeness (QED) is 0.871. The first kappa shape index (κ1) is 13.6. The van der Waals surface area contributed by atoms with Crippen LogP contribution in [-0.2, 0) is 0 Å². The number of benzene rings is 2. The molecule has 0 aromatic heterocycles. The van der Waals surface area contributed by atoms with Gasteiger partial charge in [-0.2, -0.15) is 0 Å². The molecule has 2 aromatic carbocycles. The minimum atomic E-state index is 0.346. The van der Waals surface area contributed by atoms with Crippen molar-refractivity contribution in [2.45, 2.75) is 19.9 Å². The van der Waals surface area contributed by atoms with E-state index in [2.05, 4.69) is 42.6 Å². The van der Waals surface area contributed by atoms with Gasteiger partial charge in [0, 0.05) is 11.6 Å². The summed E-state index contributed by atoms with van der Waals surface area (Å²) in [6.07, 6.45) is 0. The zero-order chi connectivity index (χ0) is 13.7. The Labute approximate surface area is 115 Å². The van der Waals surface area contributed by atoms with Gasteiger partial charge in [0.05, 0.1) is 6.61 Å². The van der Waals surface area contributed by atoms with Crippen LogP contribution in [0.25, 0.3) is 11.1 Å². The van der Waals surface area contributed by atoms with Crippen LogP contribution in [0.5, 0.6) is 5.75 Å². The summed E-state index contributed by atoms with van der Waals surface area (Å²) in [4.78, 5) is 0. The van der Waals surface area contributed by atoms with Crippen LogP contribution in [-0.4, -0.2) is 13.7 Å². The minimum Gasteiger partial charge on any atom is -0.493 e. The fourth-order valence-corrected chi connectivity index (χ4v) is 2.13. The van der Waals surface area contributed by atoms with Crippen molar-refractivity contribution in [2.24, 2.45) is 0 Å². The zero-order valence-corrected chi connectivity index (χ0v) is 11.8. The Hall–Kier alpha value is -1.80. The number of hydrogen-bond acceptors (Lipinski definition) is 2. The predicted octanol–water partition coefficient (Wildman–Crippen LogP) is 4.03. The molecule has 0 amide bonds. The topological polar surface area (TPSA) is 21.3 Å². The Balaban J connectivity index is 2.41. The van der Waals surface area contributed by atoms with Crippen molar-refractivity contribution >= 4 is 0 Å². The molecular formula is C17H21NO. The van der Waals surface area contributed by atoms with E-state index in [9.17, 15) is 0 Å². The summed E-state index contributed by atoms with van der Waals surface area (Å²) >= 11 is 0. The second-order valence-corrected chi connectivity index (χ2v) is 4.56. The second kappa shape index (κ2) is 6.39. The Morgan fingerprint density at radius 3 is 2.63 bits per heavy atom. The van der Waals surface area contributed by atoms with E-state index in [0.29, 0.717) is 12.6 Å². The fourth-order valence-electron chi connectivity index (χ4n) is 2.13. The first-order chi connectivity index (χ1) is 9.26. The number of hydrogen-bond donors (Lipinski definition) is 1. The van der Waals surface area contributed by atoms with Crippen LogP contribution in [0.1, 0.15) is 25.5 Å². The molecule has 2 rings (SSSR count). The molecule has 0 bridgehead atoms. The molecule has 0 heterocycles. The number of para-hydroxylation sites is 1. The molecule has 0 aliphatic carbocycles. The summed E-state index contributed by atoms with van der Waals surface area (Å²) in [5, 5.41) is 3.27. The molecule has 0 saturated heterocycles. The third-order valence-corrected chi connectivity index (χ3v) is 3.32. The molecule has 0 aliphatic rings. The zero-order valence-electron chi connectivity index (χ0n) is 11.8. The van der Waals surface area contributed by atoms with Crippen LogP contribution in [0.2, 0.25) is 0 Å². The van der Waals surface area contributed by atoms with Crippen LogP contribution < -0.4 is 10.1 Å². The van der Waals surface area contributed by atoms with Crippen LogP contribution in [0.4, 0.5) is 0 Å². The third kappa shape index (κ3) is 3.15. The molecule has 1 N–H and O–H groups in total. The SMILES string of the molecule is CCOc1ccccc1-c1cccc(C(C)NC)c1. The maximum atomic E-state index is 5.70. The number of nitrogens with one attached hydrogen (secondary N) is 1. The molecule has 0 spiro atoms. The molecule has 2 heteroatoms. The third-order valence-electron chi connectivity index (χ3n) is 3.32. The molecule has 0 saturated carbocycles. The van der Waals surface area contributed by atoms with Crippen molar-refractivity contribution < 1.29 is 4.74 Å². The highest BCUT2D eigenvalue weighted by Crippen LogP contribution is 2.31. The lowest BCUT2D eigenvalue weighted by molar-refractivity contribution is 0.341. The van der Waals surface area contributed by atoms with Crippen molar-refractivity contribution in [1.29, 1.82) is 0 Å². The normalized spacial score (nSPS) is 12.2. The van der Waals surface area contributed by atoms with E-state index in [1.54, 1.807) is 0 Å². The van der Waals surface area contributed by atoms with Gasteiger partial charge in [0.15, 0.2) is 0 Å². The first-order valence-corrected chi connectivity index (χ1v) is 6.75. The minimum absolute atomic E-state index is 0.346. The molecular weight excluding hydrogens is 234 g/mol. The van der Waals surface area contributed by atoms with Gasteiger partial charge in [-0.25, -0.2) is 0 Å². The van der Waals surface area contributed by atoms with Crippen molar-refractivity contribution in [3.63, 3.8) is 0 Å². The van der Waals surface area contributed by atoms with E-state index in [-0.39, 0.29) is 0 Å². The summed E-state index contributed by atoms with van der Waals surface area (Å²) < 4.78 is 5.70. The molecule has 19 heavy (non-hydrogen) atoms. The first-order valence-electron chi connectivity index (χ1n) is 6.75. The summed E-state index contributed by atoms with van der Waals surface area (Å²) in [6.45, 7) is 4.85. The number of ether oxygens (including phenoxy) is 1. The van der Waals surface area contributed by atoms with E-state index in [1.165, 1.54) is 11.1 Å². The summed E-state index contributed by atoms with van der Waals surface area (Å²) in [5.74, 6) is 0.944. The van der Waals surface area contributed by atoms with Gasteiger partial charge in [-0.05, 0) is 44.2 Å². The fraction of sp³-hybridized carbons (Fsp3) is 0.294. The Morgan fingerprint density at radius 2 is 1.89 bits per heavy atom.